The van der Waals surface area contributed by atoms with E-state index in [9.17, 15) is 9.59 Å². The van der Waals surface area contributed by atoms with Gasteiger partial charge in [-0.1, -0.05) is 91.0 Å². The van der Waals surface area contributed by atoms with E-state index < -0.39 is 0 Å². The lowest BCUT2D eigenvalue weighted by Gasteiger charge is -2.40. The van der Waals surface area contributed by atoms with Crippen LogP contribution in [0, 0.1) is 0 Å². The number of carbonyl (C=O) groups is 2. The third kappa shape index (κ3) is 6.50. The van der Waals surface area contributed by atoms with Crippen molar-refractivity contribution in [2.45, 2.75) is 38.3 Å². The van der Waals surface area contributed by atoms with Crippen LogP contribution in [-0.2, 0) is 10.2 Å². The maximum absolute atomic E-state index is 14.2. The largest absolute Gasteiger partial charge is 0.369 e. The van der Waals surface area contributed by atoms with E-state index in [2.05, 4.69) is 100 Å². The highest BCUT2D eigenvalue weighted by Crippen LogP contribution is 2.32. The molecule has 4 aromatic carbocycles. The van der Waals surface area contributed by atoms with Crippen molar-refractivity contribution in [3.05, 3.63) is 132 Å². The van der Waals surface area contributed by atoms with Crippen LogP contribution in [0.25, 0.3) is 0 Å². The van der Waals surface area contributed by atoms with Crippen molar-refractivity contribution in [2.75, 3.05) is 49.2 Å². The maximum atomic E-state index is 14.2. The molecule has 8 heteroatoms. The molecule has 0 saturated carbocycles. The normalized spacial score (nSPS) is 16.6. The molecule has 8 nitrogen and oxygen atoms in total. The summed E-state index contributed by atoms with van der Waals surface area (Å²) in [6, 6.07) is 38.8. The minimum Gasteiger partial charge on any atom is -0.369 e. The fraction of sp³-hybridized carbons (Fsp3) is 0.316. The van der Waals surface area contributed by atoms with Gasteiger partial charge < -0.3 is 10.2 Å². The molecule has 238 valence electrons. The highest BCUT2D eigenvalue weighted by molar-refractivity contribution is 5.93. The molecule has 1 unspecified atom stereocenters. The van der Waals surface area contributed by atoms with Gasteiger partial charge in [-0.25, -0.2) is 10.2 Å². The third-order valence-corrected chi connectivity index (χ3v) is 9.36. The Bertz CT molecular complexity index is 1550. The first-order chi connectivity index (χ1) is 22.3. The van der Waals surface area contributed by atoms with Crippen LogP contribution in [0.1, 0.15) is 43.5 Å². The minimum absolute atomic E-state index is 0.0152. The number of piperazine rings is 1. The van der Waals surface area contributed by atoms with Gasteiger partial charge in [-0.3, -0.25) is 19.6 Å². The Morgan fingerprint density at radius 3 is 1.80 bits per heavy atom. The molecule has 2 saturated heterocycles. The summed E-state index contributed by atoms with van der Waals surface area (Å²) in [4.78, 5) is 33.4. The molecule has 0 bridgehead atoms. The van der Waals surface area contributed by atoms with Crippen LogP contribution < -0.4 is 20.5 Å². The van der Waals surface area contributed by atoms with Crippen molar-refractivity contribution in [1.29, 1.82) is 0 Å². The summed E-state index contributed by atoms with van der Waals surface area (Å²) in [5, 5.41) is 5.03. The van der Waals surface area contributed by atoms with Crippen LogP contribution in [0.15, 0.2) is 115 Å². The van der Waals surface area contributed by atoms with E-state index >= 15 is 0 Å². The number of anilines is 2. The Kier molecular flexibility index (Phi) is 9.38. The standard InChI is InChI=1S/C38H44N6O2/c1-29(2)44-37(46)43(28-40-44)34-21-19-33(20-22-34)41-23-25-42(26-24-41)35(30-13-7-4-8-14-30)36(45)39-27-38(3,31-15-9-5-10-16-31)32-17-11-6-12-18-32/h4-22,29,35,40H,23-28H2,1-3H3,(H,39,45). The fourth-order valence-corrected chi connectivity index (χ4v) is 6.61. The predicted octanol–water partition coefficient (Wildman–Crippen LogP) is 5.78. The smallest absolute Gasteiger partial charge is 0.340 e. The van der Waals surface area contributed by atoms with E-state index in [1.165, 1.54) is 11.1 Å². The number of carbonyl (C=O) groups excluding carboxylic acids is 2. The summed E-state index contributed by atoms with van der Waals surface area (Å²) in [6.45, 7) is 10.2. The maximum Gasteiger partial charge on any atom is 0.340 e. The van der Waals surface area contributed by atoms with Gasteiger partial charge in [0.05, 0.1) is 6.67 Å². The molecule has 2 fully saturated rings. The van der Waals surface area contributed by atoms with Crippen molar-refractivity contribution >= 4 is 23.3 Å². The summed E-state index contributed by atoms with van der Waals surface area (Å²) in [5.41, 5.74) is 8.11. The average Bonchev–Trinajstić information content (AvgIpc) is 3.50. The van der Waals surface area contributed by atoms with E-state index in [0.29, 0.717) is 13.2 Å². The van der Waals surface area contributed by atoms with E-state index in [0.717, 1.165) is 43.1 Å². The first-order valence-electron chi connectivity index (χ1n) is 16.2. The Hall–Kier alpha value is -4.66. The van der Waals surface area contributed by atoms with Gasteiger partial charge in [0.1, 0.15) is 6.04 Å². The first-order valence-corrected chi connectivity index (χ1v) is 16.2. The van der Waals surface area contributed by atoms with Crippen molar-refractivity contribution in [3.8, 4) is 0 Å². The summed E-state index contributed by atoms with van der Waals surface area (Å²) < 4.78 is 0. The van der Waals surface area contributed by atoms with E-state index in [-0.39, 0.29) is 29.4 Å². The third-order valence-electron chi connectivity index (χ3n) is 9.36. The zero-order chi connectivity index (χ0) is 32.1. The van der Waals surface area contributed by atoms with Gasteiger partial charge in [0.2, 0.25) is 5.91 Å². The molecule has 46 heavy (non-hydrogen) atoms. The van der Waals surface area contributed by atoms with Gasteiger partial charge >= 0.3 is 6.03 Å². The summed E-state index contributed by atoms with van der Waals surface area (Å²) in [5.74, 6) is 0.0152. The van der Waals surface area contributed by atoms with Crippen LogP contribution in [0.5, 0.6) is 0 Å². The van der Waals surface area contributed by atoms with Crippen LogP contribution in [0.2, 0.25) is 0 Å². The van der Waals surface area contributed by atoms with Crippen molar-refractivity contribution < 1.29 is 9.59 Å². The van der Waals surface area contributed by atoms with Gasteiger partial charge in [0, 0.05) is 55.6 Å². The number of hydrazine groups is 1. The Balaban J connectivity index is 1.14. The minimum atomic E-state index is -0.390. The van der Waals surface area contributed by atoms with Crippen LogP contribution in [0.4, 0.5) is 16.2 Å². The summed E-state index contributed by atoms with van der Waals surface area (Å²) in [6.07, 6.45) is 0. The number of nitrogens with zero attached hydrogens (tertiary/aromatic N) is 4. The number of amides is 3. The van der Waals surface area contributed by atoms with Crippen molar-refractivity contribution in [2.24, 2.45) is 0 Å². The van der Waals surface area contributed by atoms with Gasteiger partial charge in [-0.05, 0) is 61.7 Å². The second kappa shape index (κ2) is 13.8. The molecule has 4 aromatic rings. The molecule has 6 rings (SSSR count). The lowest BCUT2D eigenvalue weighted by Crippen LogP contribution is -2.52. The lowest BCUT2D eigenvalue weighted by atomic mass is 9.76. The number of hydrogen-bond acceptors (Lipinski definition) is 5. The molecule has 2 N–H and O–H groups in total. The quantitative estimate of drug-likeness (QED) is 0.236. The monoisotopic (exact) mass is 616 g/mol. The Labute approximate surface area is 272 Å². The molecule has 3 amide bonds. The molecule has 1 atom stereocenters. The molecule has 0 aliphatic carbocycles. The molecular formula is C38H44N6O2. The Morgan fingerprint density at radius 1 is 0.761 bits per heavy atom. The second-order valence-electron chi connectivity index (χ2n) is 12.6. The molecular weight excluding hydrogens is 572 g/mol. The van der Waals surface area contributed by atoms with Crippen LogP contribution >= 0.6 is 0 Å². The van der Waals surface area contributed by atoms with Gasteiger partial charge in [0.15, 0.2) is 0 Å². The second-order valence-corrected chi connectivity index (χ2v) is 12.6. The van der Waals surface area contributed by atoms with Crippen molar-refractivity contribution in [3.63, 3.8) is 0 Å². The highest BCUT2D eigenvalue weighted by atomic mass is 16.2. The Morgan fingerprint density at radius 2 is 1.28 bits per heavy atom. The zero-order valence-electron chi connectivity index (χ0n) is 27.0. The number of urea groups is 1. The number of nitrogens with one attached hydrogen (secondary N) is 2. The van der Waals surface area contributed by atoms with Gasteiger partial charge in [0.25, 0.3) is 0 Å². The first kappa shape index (κ1) is 31.3. The summed E-state index contributed by atoms with van der Waals surface area (Å²) >= 11 is 0. The van der Waals surface area contributed by atoms with E-state index in [1.54, 1.807) is 9.91 Å². The van der Waals surface area contributed by atoms with E-state index in [4.69, 9.17) is 0 Å². The van der Waals surface area contributed by atoms with Crippen molar-refractivity contribution in [1.82, 2.24) is 20.7 Å². The molecule has 0 radical (unpaired) electrons. The molecule has 2 aliphatic rings. The van der Waals surface area contributed by atoms with Crippen LogP contribution in [-0.4, -0.2) is 67.3 Å². The lowest BCUT2D eigenvalue weighted by molar-refractivity contribution is -0.127. The number of hydrogen-bond donors (Lipinski definition) is 2. The highest BCUT2D eigenvalue weighted by Gasteiger charge is 2.35. The predicted molar refractivity (Wildman–Crippen MR) is 185 cm³/mol. The van der Waals surface area contributed by atoms with Gasteiger partial charge in [-0.2, -0.15) is 0 Å². The molecule has 0 spiro atoms. The van der Waals surface area contributed by atoms with E-state index in [1.807, 2.05) is 56.3 Å². The zero-order valence-corrected chi connectivity index (χ0v) is 27.0. The van der Waals surface area contributed by atoms with Crippen LogP contribution in [0.3, 0.4) is 0 Å². The average molecular weight is 617 g/mol. The number of benzene rings is 4. The molecule has 0 aromatic heterocycles. The topological polar surface area (TPSA) is 71.2 Å². The molecule has 2 aliphatic heterocycles. The molecule has 2 heterocycles. The van der Waals surface area contributed by atoms with Gasteiger partial charge in [-0.15, -0.1) is 0 Å². The number of rotatable bonds is 10. The fourth-order valence-electron chi connectivity index (χ4n) is 6.61. The summed E-state index contributed by atoms with van der Waals surface area (Å²) in [7, 11) is 0. The SMILES string of the molecule is CC(C)N1NCN(c2ccc(N3CCN(C(C(=O)NCC(C)(c4ccccc4)c4ccccc4)c4ccccc4)CC3)cc2)C1=O.